The number of ether oxygens (including phenoxy) is 1. The number of aliphatic carboxylic acids is 1. The van der Waals surface area contributed by atoms with Crippen molar-refractivity contribution in [3.05, 3.63) is 29.8 Å². The van der Waals surface area contributed by atoms with Crippen molar-refractivity contribution < 1.29 is 19.4 Å². The van der Waals surface area contributed by atoms with Crippen LogP contribution in [0, 0.1) is 0 Å². The van der Waals surface area contributed by atoms with Crippen LogP contribution in [0.1, 0.15) is 18.4 Å². The number of amides is 1. The number of carboxylic acids is 1. The number of rotatable bonds is 5. The highest BCUT2D eigenvalue weighted by Gasteiger charge is 2.13. The molecule has 0 saturated heterocycles. The molecule has 6 heteroatoms. The minimum atomic E-state index is -0.891. The third-order valence-electron chi connectivity index (χ3n) is 2.34. The summed E-state index contributed by atoms with van der Waals surface area (Å²) < 4.78 is 4.73. The van der Waals surface area contributed by atoms with Gasteiger partial charge in [0.15, 0.2) is 0 Å². The Labute approximate surface area is 110 Å². The quantitative estimate of drug-likeness (QED) is 0.807. The molecule has 0 aliphatic rings. The summed E-state index contributed by atoms with van der Waals surface area (Å²) in [4.78, 5) is 22.0. The number of alkyl halides is 1. The number of carbonyl (C=O) groups is 2. The molecule has 2 N–H and O–H groups in total. The van der Waals surface area contributed by atoms with Crippen LogP contribution in [-0.2, 0) is 9.53 Å². The highest BCUT2D eigenvalue weighted by Crippen LogP contribution is 2.18. The maximum absolute atomic E-state index is 11.2. The first-order valence-electron chi connectivity index (χ1n) is 5.37. The molecule has 98 valence electrons. The lowest BCUT2D eigenvalue weighted by molar-refractivity contribution is -0.138. The number of carbonyl (C=O) groups excluding carboxylic acids is 1. The predicted molar refractivity (Wildman–Crippen MR) is 68.2 cm³/mol. The average Bonchev–Trinajstić information content (AvgIpc) is 2.36. The van der Waals surface area contributed by atoms with Gasteiger partial charge in [0, 0.05) is 5.69 Å². The van der Waals surface area contributed by atoms with E-state index >= 15 is 0 Å². The van der Waals surface area contributed by atoms with Crippen LogP contribution in [0.5, 0.6) is 0 Å². The maximum Gasteiger partial charge on any atom is 0.411 e. The Morgan fingerprint density at radius 1 is 1.39 bits per heavy atom. The van der Waals surface area contributed by atoms with Crippen molar-refractivity contribution in [2.45, 2.75) is 12.8 Å². The highest BCUT2D eigenvalue weighted by atomic mass is 35.5. The summed E-state index contributed by atoms with van der Waals surface area (Å²) in [6, 6.07) is 6.54. The fraction of sp³-hybridized carbons (Fsp3) is 0.333. The molecule has 1 aromatic carbocycles. The molecule has 0 spiro atoms. The van der Waals surface area contributed by atoms with Crippen LogP contribution in [-0.4, -0.2) is 29.7 Å². The summed E-state index contributed by atoms with van der Waals surface area (Å²) in [7, 11) is 0. The maximum atomic E-state index is 11.2. The van der Waals surface area contributed by atoms with Gasteiger partial charge >= 0.3 is 12.1 Å². The number of hydrogen-bond donors (Lipinski definition) is 2. The fourth-order valence-corrected chi connectivity index (χ4v) is 1.36. The van der Waals surface area contributed by atoms with E-state index in [1.807, 2.05) is 0 Å². The SMILES string of the molecule is C[C@@H](C(=O)O)c1ccc(NC(=O)OCCCl)cc1. The molecule has 1 amide bonds. The van der Waals surface area contributed by atoms with Gasteiger partial charge in [-0.05, 0) is 24.6 Å². The van der Waals surface area contributed by atoms with Crippen molar-refractivity contribution in [2.24, 2.45) is 0 Å². The minimum Gasteiger partial charge on any atom is -0.481 e. The van der Waals surface area contributed by atoms with Gasteiger partial charge in [0.1, 0.15) is 6.61 Å². The van der Waals surface area contributed by atoms with Crippen molar-refractivity contribution in [3.8, 4) is 0 Å². The first-order valence-corrected chi connectivity index (χ1v) is 5.90. The topological polar surface area (TPSA) is 75.6 Å². The number of benzene rings is 1. The van der Waals surface area contributed by atoms with Gasteiger partial charge in [0.05, 0.1) is 11.8 Å². The molecule has 0 aromatic heterocycles. The largest absolute Gasteiger partial charge is 0.481 e. The van der Waals surface area contributed by atoms with Gasteiger partial charge in [0.25, 0.3) is 0 Å². The third kappa shape index (κ3) is 4.25. The molecule has 5 nitrogen and oxygen atoms in total. The molecule has 0 aliphatic carbocycles. The van der Waals surface area contributed by atoms with Gasteiger partial charge in [-0.2, -0.15) is 0 Å². The Bertz CT molecular complexity index is 419. The molecule has 1 atom stereocenters. The number of halogens is 1. The number of nitrogens with one attached hydrogen (secondary N) is 1. The number of anilines is 1. The van der Waals surface area contributed by atoms with Crippen LogP contribution >= 0.6 is 11.6 Å². The molecule has 0 unspecified atom stereocenters. The normalized spacial score (nSPS) is 11.7. The Balaban J connectivity index is 2.60. The molecule has 0 radical (unpaired) electrons. The zero-order valence-corrected chi connectivity index (χ0v) is 10.6. The minimum absolute atomic E-state index is 0.140. The lowest BCUT2D eigenvalue weighted by Gasteiger charge is -2.09. The van der Waals surface area contributed by atoms with Crippen LogP contribution in [0.15, 0.2) is 24.3 Å². The molecule has 0 fully saturated rings. The van der Waals surface area contributed by atoms with E-state index in [-0.39, 0.29) is 12.5 Å². The van der Waals surface area contributed by atoms with Gasteiger partial charge in [-0.3, -0.25) is 10.1 Å². The Morgan fingerprint density at radius 2 is 2.00 bits per heavy atom. The Kier molecular flexibility index (Phi) is 5.45. The third-order valence-corrected chi connectivity index (χ3v) is 2.49. The van der Waals surface area contributed by atoms with E-state index in [1.54, 1.807) is 31.2 Å². The molecule has 0 aliphatic heterocycles. The van der Waals surface area contributed by atoms with Crippen molar-refractivity contribution in [3.63, 3.8) is 0 Å². The summed E-state index contributed by atoms with van der Waals surface area (Å²) in [6.45, 7) is 1.74. The van der Waals surface area contributed by atoms with Crippen LogP contribution < -0.4 is 5.32 Å². The summed E-state index contributed by atoms with van der Waals surface area (Å²) in [5, 5.41) is 11.3. The van der Waals surface area contributed by atoms with E-state index in [9.17, 15) is 9.59 Å². The monoisotopic (exact) mass is 271 g/mol. The van der Waals surface area contributed by atoms with Crippen molar-refractivity contribution >= 4 is 29.4 Å². The second-order valence-corrected chi connectivity index (χ2v) is 4.01. The van der Waals surface area contributed by atoms with E-state index in [4.69, 9.17) is 21.4 Å². The van der Waals surface area contributed by atoms with E-state index in [2.05, 4.69) is 5.32 Å². The Morgan fingerprint density at radius 3 is 2.50 bits per heavy atom. The second-order valence-electron chi connectivity index (χ2n) is 3.63. The zero-order valence-electron chi connectivity index (χ0n) is 9.85. The van der Waals surface area contributed by atoms with Crippen molar-refractivity contribution in [1.82, 2.24) is 0 Å². The van der Waals surface area contributed by atoms with Crippen LogP contribution in [0.25, 0.3) is 0 Å². The van der Waals surface area contributed by atoms with Gasteiger partial charge in [-0.15, -0.1) is 11.6 Å². The summed E-state index contributed by atoms with van der Waals surface area (Å²) in [5.74, 6) is -1.23. The Hall–Kier alpha value is -1.75. The average molecular weight is 272 g/mol. The molecule has 0 bridgehead atoms. The molecule has 18 heavy (non-hydrogen) atoms. The lowest BCUT2D eigenvalue weighted by atomic mass is 10.0. The summed E-state index contributed by atoms with van der Waals surface area (Å²) in [5.41, 5.74) is 1.21. The van der Waals surface area contributed by atoms with Crippen molar-refractivity contribution in [2.75, 3.05) is 17.8 Å². The van der Waals surface area contributed by atoms with Gasteiger partial charge < -0.3 is 9.84 Å². The first-order chi connectivity index (χ1) is 8.54. The number of carboxylic acid groups (broad SMARTS) is 1. The highest BCUT2D eigenvalue weighted by molar-refractivity contribution is 6.18. The molecular formula is C12H14ClNO4. The predicted octanol–water partition coefficient (Wildman–Crippen LogP) is 2.66. The van der Waals surface area contributed by atoms with E-state index in [0.717, 1.165) is 0 Å². The molecule has 1 aromatic rings. The standard InChI is InChI=1S/C12H14ClNO4/c1-8(11(15)16)9-2-4-10(5-3-9)14-12(17)18-7-6-13/h2-5,8H,6-7H2,1H3,(H,14,17)(H,15,16)/t8-/m1/s1. The zero-order chi connectivity index (χ0) is 13.5. The first kappa shape index (κ1) is 14.3. The van der Waals surface area contributed by atoms with E-state index < -0.39 is 18.0 Å². The second kappa shape index (κ2) is 6.86. The molecule has 0 heterocycles. The summed E-state index contributed by atoms with van der Waals surface area (Å²) >= 11 is 5.37. The van der Waals surface area contributed by atoms with Crippen LogP contribution in [0.2, 0.25) is 0 Å². The fourth-order valence-electron chi connectivity index (χ4n) is 1.28. The van der Waals surface area contributed by atoms with Crippen molar-refractivity contribution in [1.29, 1.82) is 0 Å². The van der Waals surface area contributed by atoms with Crippen LogP contribution in [0.4, 0.5) is 10.5 Å². The summed E-state index contributed by atoms with van der Waals surface area (Å²) in [6.07, 6.45) is -0.588. The smallest absolute Gasteiger partial charge is 0.411 e. The van der Waals surface area contributed by atoms with E-state index in [0.29, 0.717) is 11.3 Å². The van der Waals surface area contributed by atoms with Gasteiger partial charge in [0.2, 0.25) is 0 Å². The van der Waals surface area contributed by atoms with Crippen LogP contribution in [0.3, 0.4) is 0 Å². The molecule has 0 saturated carbocycles. The number of hydrogen-bond acceptors (Lipinski definition) is 3. The molecule has 1 rings (SSSR count). The van der Waals surface area contributed by atoms with Gasteiger partial charge in [-0.1, -0.05) is 12.1 Å². The van der Waals surface area contributed by atoms with Gasteiger partial charge in [-0.25, -0.2) is 4.79 Å². The van der Waals surface area contributed by atoms with E-state index in [1.165, 1.54) is 0 Å². The molecular weight excluding hydrogens is 258 g/mol. The lowest BCUT2D eigenvalue weighted by Crippen LogP contribution is -2.15.